The van der Waals surface area contributed by atoms with E-state index < -0.39 is 0 Å². The van der Waals surface area contributed by atoms with Crippen LogP contribution >= 0.6 is 0 Å². The summed E-state index contributed by atoms with van der Waals surface area (Å²) < 4.78 is 2.27. The zero-order chi connectivity index (χ0) is 17.4. The summed E-state index contributed by atoms with van der Waals surface area (Å²) in [5, 5.41) is 0. The molecule has 0 bridgehead atoms. The maximum atomic E-state index is 12.9. The molecule has 0 fully saturated rings. The second-order valence-electron chi connectivity index (χ2n) is 6.26. The Morgan fingerprint density at radius 3 is 2.64 bits per heavy atom. The zero-order valence-corrected chi connectivity index (χ0v) is 14.3. The molecule has 1 aliphatic rings. The average Bonchev–Trinajstić information content (AvgIpc) is 3.04. The Morgan fingerprint density at radius 1 is 1.12 bits per heavy atom. The first-order valence-corrected chi connectivity index (χ1v) is 8.34. The van der Waals surface area contributed by atoms with Crippen LogP contribution < -0.4 is 0 Å². The van der Waals surface area contributed by atoms with Crippen LogP contribution in [0.1, 0.15) is 34.7 Å². The molecule has 1 aliphatic heterocycles. The summed E-state index contributed by atoms with van der Waals surface area (Å²) in [5.41, 5.74) is 3.75. The van der Waals surface area contributed by atoms with Gasteiger partial charge in [-0.1, -0.05) is 0 Å². The molecule has 4 heterocycles. The lowest BCUT2D eigenvalue weighted by molar-refractivity contribution is 0.0642. The molecule has 126 valence electrons. The largest absolute Gasteiger partial charge is 0.345 e. The highest BCUT2D eigenvalue weighted by Crippen LogP contribution is 2.28. The SMILES string of the molecule is Cc1ccc2n1CCN(C(=O)c1cnc(-c3cccnc3)nc1)[C@H]2C. The van der Waals surface area contributed by atoms with Crippen molar-refractivity contribution in [2.45, 2.75) is 26.4 Å². The number of aromatic nitrogens is 4. The van der Waals surface area contributed by atoms with Crippen molar-refractivity contribution in [1.29, 1.82) is 0 Å². The summed E-state index contributed by atoms with van der Waals surface area (Å²) in [6.45, 7) is 5.66. The van der Waals surface area contributed by atoms with Gasteiger partial charge in [-0.25, -0.2) is 9.97 Å². The molecule has 4 rings (SSSR count). The topological polar surface area (TPSA) is 63.9 Å². The Bertz CT molecular complexity index is 901. The third-order valence-electron chi connectivity index (χ3n) is 4.77. The van der Waals surface area contributed by atoms with E-state index in [1.807, 2.05) is 17.0 Å². The monoisotopic (exact) mass is 333 g/mol. The highest BCUT2D eigenvalue weighted by Gasteiger charge is 2.29. The Morgan fingerprint density at radius 2 is 1.92 bits per heavy atom. The first-order chi connectivity index (χ1) is 12.1. The molecule has 0 spiro atoms. The van der Waals surface area contributed by atoms with Crippen molar-refractivity contribution in [3.05, 3.63) is 66.0 Å². The van der Waals surface area contributed by atoms with Crippen LogP contribution in [-0.2, 0) is 6.54 Å². The van der Waals surface area contributed by atoms with Crippen LogP contribution in [0.4, 0.5) is 0 Å². The first-order valence-electron chi connectivity index (χ1n) is 8.34. The van der Waals surface area contributed by atoms with Crippen molar-refractivity contribution in [3.8, 4) is 11.4 Å². The normalized spacial score (nSPS) is 16.6. The number of amides is 1. The lowest BCUT2D eigenvalue weighted by Crippen LogP contribution is -2.41. The van der Waals surface area contributed by atoms with Crippen molar-refractivity contribution >= 4 is 5.91 Å². The van der Waals surface area contributed by atoms with Crippen LogP contribution in [-0.4, -0.2) is 36.9 Å². The minimum Gasteiger partial charge on any atom is -0.345 e. The summed E-state index contributed by atoms with van der Waals surface area (Å²) in [6.07, 6.45) is 6.61. The number of nitrogens with zero attached hydrogens (tertiary/aromatic N) is 5. The van der Waals surface area contributed by atoms with E-state index >= 15 is 0 Å². The molecular formula is C19H19N5O. The number of fused-ring (bicyclic) bond motifs is 1. The van der Waals surface area contributed by atoms with E-state index in [0.717, 1.165) is 12.1 Å². The standard InChI is InChI=1S/C19H19N5O/c1-13-5-6-17-14(2)24(9-8-23(13)17)19(25)16-11-21-18(22-12-16)15-4-3-7-20-10-15/h3-7,10-12,14H,8-9H2,1-2H3/t14-/m0/s1. The van der Waals surface area contributed by atoms with Crippen molar-refractivity contribution < 1.29 is 4.79 Å². The quantitative estimate of drug-likeness (QED) is 0.723. The van der Waals surface area contributed by atoms with E-state index in [1.54, 1.807) is 24.8 Å². The molecule has 0 N–H and O–H groups in total. The number of aryl methyl sites for hydroxylation is 1. The van der Waals surface area contributed by atoms with Crippen LogP contribution in [0.5, 0.6) is 0 Å². The molecule has 25 heavy (non-hydrogen) atoms. The van der Waals surface area contributed by atoms with E-state index in [2.05, 4.69) is 45.5 Å². The van der Waals surface area contributed by atoms with Crippen molar-refractivity contribution in [2.75, 3.05) is 6.54 Å². The minimum absolute atomic E-state index is 0.0321. The lowest BCUT2D eigenvalue weighted by Gasteiger charge is -2.35. The Kier molecular flexibility index (Phi) is 3.80. The van der Waals surface area contributed by atoms with Crippen LogP contribution in [0.25, 0.3) is 11.4 Å². The van der Waals surface area contributed by atoms with E-state index in [9.17, 15) is 4.79 Å². The molecule has 0 aliphatic carbocycles. The number of carbonyl (C=O) groups is 1. The lowest BCUT2D eigenvalue weighted by atomic mass is 10.1. The number of carbonyl (C=O) groups excluding carboxylic acids is 1. The number of hydrogen-bond acceptors (Lipinski definition) is 4. The maximum absolute atomic E-state index is 12.9. The summed E-state index contributed by atoms with van der Waals surface area (Å²) in [5.74, 6) is 0.538. The Labute approximate surface area is 146 Å². The predicted molar refractivity (Wildman–Crippen MR) is 93.9 cm³/mol. The maximum Gasteiger partial charge on any atom is 0.257 e. The zero-order valence-electron chi connectivity index (χ0n) is 14.3. The molecule has 3 aromatic rings. The fourth-order valence-electron chi connectivity index (χ4n) is 3.35. The van der Waals surface area contributed by atoms with Gasteiger partial charge in [0.15, 0.2) is 5.82 Å². The molecule has 1 atom stereocenters. The number of hydrogen-bond donors (Lipinski definition) is 0. The fraction of sp³-hybridized carbons (Fsp3) is 0.263. The summed E-state index contributed by atoms with van der Waals surface area (Å²) >= 11 is 0. The molecule has 1 amide bonds. The molecule has 0 saturated heterocycles. The summed E-state index contributed by atoms with van der Waals surface area (Å²) in [6, 6.07) is 7.97. The van der Waals surface area contributed by atoms with Gasteiger partial charge in [-0.05, 0) is 38.1 Å². The van der Waals surface area contributed by atoms with Crippen LogP contribution in [0.3, 0.4) is 0 Å². The molecule has 0 unspecified atom stereocenters. The molecular weight excluding hydrogens is 314 g/mol. The molecule has 0 radical (unpaired) electrons. The predicted octanol–water partition coefficient (Wildman–Crippen LogP) is 2.87. The van der Waals surface area contributed by atoms with Crippen molar-refractivity contribution in [3.63, 3.8) is 0 Å². The number of rotatable bonds is 2. The Balaban J connectivity index is 1.57. The van der Waals surface area contributed by atoms with Gasteiger partial charge in [-0.3, -0.25) is 9.78 Å². The van der Waals surface area contributed by atoms with Crippen molar-refractivity contribution in [1.82, 2.24) is 24.4 Å². The van der Waals surface area contributed by atoms with Gasteiger partial charge < -0.3 is 9.47 Å². The molecule has 3 aromatic heterocycles. The summed E-state index contributed by atoms with van der Waals surface area (Å²) in [7, 11) is 0. The second kappa shape index (κ2) is 6.12. The van der Waals surface area contributed by atoms with Crippen LogP contribution in [0.15, 0.2) is 49.1 Å². The van der Waals surface area contributed by atoms with Gasteiger partial charge in [0.25, 0.3) is 5.91 Å². The molecule has 0 aromatic carbocycles. The van der Waals surface area contributed by atoms with Gasteiger partial charge in [0.05, 0.1) is 11.6 Å². The fourth-order valence-corrected chi connectivity index (χ4v) is 3.35. The first kappa shape index (κ1) is 15.5. The third kappa shape index (κ3) is 2.69. The van der Waals surface area contributed by atoms with Gasteiger partial charge in [0.2, 0.25) is 0 Å². The molecule has 0 saturated carbocycles. The average molecular weight is 333 g/mol. The van der Waals surface area contributed by atoms with Gasteiger partial charge in [-0.15, -0.1) is 0 Å². The van der Waals surface area contributed by atoms with Gasteiger partial charge in [0, 0.05) is 54.8 Å². The van der Waals surface area contributed by atoms with E-state index in [1.165, 1.54) is 11.4 Å². The molecule has 6 nitrogen and oxygen atoms in total. The number of pyridine rings is 1. The van der Waals surface area contributed by atoms with Gasteiger partial charge in [-0.2, -0.15) is 0 Å². The summed E-state index contributed by atoms with van der Waals surface area (Å²) in [4.78, 5) is 27.5. The third-order valence-corrected chi connectivity index (χ3v) is 4.77. The van der Waals surface area contributed by atoms with Crippen LogP contribution in [0.2, 0.25) is 0 Å². The van der Waals surface area contributed by atoms with E-state index in [4.69, 9.17) is 0 Å². The minimum atomic E-state index is -0.0321. The Hall–Kier alpha value is -3.02. The second-order valence-corrected chi connectivity index (χ2v) is 6.26. The smallest absolute Gasteiger partial charge is 0.257 e. The highest BCUT2D eigenvalue weighted by atomic mass is 16.2. The molecule has 6 heteroatoms. The van der Waals surface area contributed by atoms with E-state index in [-0.39, 0.29) is 11.9 Å². The van der Waals surface area contributed by atoms with Crippen molar-refractivity contribution in [2.24, 2.45) is 0 Å². The van der Waals surface area contributed by atoms with Gasteiger partial charge >= 0.3 is 0 Å². The van der Waals surface area contributed by atoms with E-state index in [0.29, 0.717) is 17.9 Å². The highest BCUT2D eigenvalue weighted by molar-refractivity contribution is 5.94. The van der Waals surface area contributed by atoms with Crippen LogP contribution in [0, 0.1) is 6.92 Å². The van der Waals surface area contributed by atoms with Gasteiger partial charge in [0.1, 0.15) is 0 Å².